The van der Waals surface area contributed by atoms with Gasteiger partial charge in [-0.2, -0.15) is 4.31 Å². The summed E-state index contributed by atoms with van der Waals surface area (Å²) in [4.78, 5) is 36.2. The van der Waals surface area contributed by atoms with Crippen LogP contribution in [0.3, 0.4) is 0 Å². The van der Waals surface area contributed by atoms with Gasteiger partial charge in [0.1, 0.15) is 22.5 Å². The van der Waals surface area contributed by atoms with Gasteiger partial charge in [-0.1, -0.05) is 87.4 Å². The largest absolute Gasteiger partial charge is 0.411 e. The predicted octanol–water partition coefficient (Wildman–Crippen LogP) is 5.00. The number of benzene rings is 2. The summed E-state index contributed by atoms with van der Waals surface area (Å²) in [6.07, 6.45) is 0.0912. The maximum Gasteiger partial charge on any atom is 0.321 e. The lowest BCUT2D eigenvalue weighted by atomic mass is 9.84. The van der Waals surface area contributed by atoms with E-state index in [0.717, 1.165) is 5.56 Å². The van der Waals surface area contributed by atoms with Crippen LogP contribution in [0.15, 0.2) is 80.6 Å². The molecule has 2 aromatic carbocycles. The van der Waals surface area contributed by atoms with Crippen LogP contribution in [0.4, 0.5) is 4.79 Å². The lowest BCUT2D eigenvalue weighted by Crippen LogP contribution is -2.59. The molecule has 5 rings (SSSR count). The molecule has 2 aromatic heterocycles. The fourth-order valence-corrected chi connectivity index (χ4v) is 8.90. The molecule has 3 N–H and O–H groups in total. The molecule has 0 radical (unpaired) electrons. The number of hydrogen-bond acceptors (Lipinski definition) is 11. The molecule has 14 nitrogen and oxygen atoms in total. The smallest absolute Gasteiger partial charge is 0.321 e. The Kier molecular flexibility index (Phi) is 12.9. The van der Waals surface area contributed by atoms with Crippen LogP contribution in [0, 0.1) is 18.3 Å². The SMILES string of the molecule is Cc1cc(-c2nc(CN3CCN([C@H](C(=O)N[C@@H](Cc4ccccc4)[C@H](O)CN(CC(C)C)S(=O)(=O)c4ccc(/C=N/O)cc4)C(C)(C)C)C3=O)cs2)no1. The van der Waals surface area contributed by atoms with Crippen molar-refractivity contribution < 1.29 is 32.8 Å². The Labute approximate surface area is 320 Å². The van der Waals surface area contributed by atoms with Crippen molar-refractivity contribution in [2.45, 2.75) is 77.6 Å². The molecule has 1 fully saturated rings. The number of aromatic nitrogens is 2. The second kappa shape index (κ2) is 17.2. The first kappa shape index (κ1) is 40.5. The molecule has 3 amide bonds. The highest BCUT2D eigenvalue weighted by atomic mass is 32.2. The molecule has 3 atom stereocenters. The van der Waals surface area contributed by atoms with Crippen LogP contribution in [0.25, 0.3) is 10.7 Å². The van der Waals surface area contributed by atoms with Gasteiger partial charge in [0.15, 0.2) is 0 Å². The molecule has 1 aliphatic heterocycles. The Morgan fingerprint density at radius 2 is 1.81 bits per heavy atom. The van der Waals surface area contributed by atoms with Crippen molar-refractivity contribution in [2.75, 3.05) is 26.2 Å². The molecule has 16 heteroatoms. The summed E-state index contributed by atoms with van der Waals surface area (Å²) in [5.74, 6) is 0.147. The fourth-order valence-electron chi connectivity index (χ4n) is 6.52. The number of oxime groups is 1. The molecular weight excluding hydrogens is 731 g/mol. The van der Waals surface area contributed by atoms with E-state index in [0.29, 0.717) is 40.8 Å². The quantitative estimate of drug-likeness (QED) is 0.0801. The van der Waals surface area contributed by atoms with Crippen LogP contribution in [-0.2, 0) is 27.8 Å². The number of rotatable bonds is 16. The molecule has 290 valence electrons. The molecule has 0 saturated carbocycles. The van der Waals surface area contributed by atoms with Crippen LogP contribution in [0.2, 0.25) is 0 Å². The van der Waals surface area contributed by atoms with E-state index in [2.05, 4.69) is 20.6 Å². The summed E-state index contributed by atoms with van der Waals surface area (Å²) in [5, 5.41) is 33.3. The lowest BCUT2D eigenvalue weighted by molar-refractivity contribution is -0.130. The number of thiazole rings is 1. The van der Waals surface area contributed by atoms with Gasteiger partial charge in [-0.25, -0.2) is 18.2 Å². The Morgan fingerprint density at radius 3 is 2.43 bits per heavy atom. The monoisotopic (exact) mass is 779 g/mol. The van der Waals surface area contributed by atoms with Gasteiger partial charge < -0.3 is 30.0 Å². The molecule has 0 spiro atoms. The van der Waals surface area contributed by atoms with Crippen molar-refractivity contribution >= 4 is 39.5 Å². The number of aliphatic hydroxyl groups excluding tert-OH is 1. The van der Waals surface area contributed by atoms with Gasteiger partial charge in [-0.15, -0.1) is 11.3 Å². The number of carbonyl (C=O) groups is 2. The molecule has 0 aliphatic carbocycles. The van der Waals surface area contributed by atoms with Crippen LogP contribution in [0.1, 0.15) is 57.2 Å². The number of aliphatic hydroxyl groups is 1. The van der Waals surface area contributed by atoms with Crippen molar-refractivity contribution in [3.63, 3.8) is 0 Å². The molecule has 4 aromatic rings. The van der Waals surface area contributed by atoms with E-state index in [-0.39, 0.29) is 42.9 Å². The van der Waals surface area contributed by atoms with E-state index in [1.807, 2.05) is 70.3 Å². The molecule has 0 bridgehead atoms. The molecule has 54 heavy (non-hydrogen) atoms. The standard InChI is InChI=1S/C38H49N7O7S2/c1-25(2)21-44(54(50,51)30-14-12-28(13-15-30)20-39-49)23-33(46)31(19-27-10-8-7-9-11-27)41-35(47)34(38(4,5)6)45-17-16-43(37(45)48)22-29-24-53-36(40-29)32-18-26(3)52-42-32/h7-15,18,20,24-25,31,33-34,46,49H,16-17,19,21-23H2,1-6H3,(H,41,47)/b39-20+/t31-,33+,34+/m0/s1. The van der Waals surface area contributed by atoms with Crippen LogP contribution < -0.4 is 5.32 Å². The average Bonchev–Trinajstić information content (AvgIpc) is 3.85. The van der Waals surface area contributed by atoms with Gasteiger partial charge in [0.25, 0.3) is 0 Å². The predicted molar refractivity (Wildman–Crippen MR) is 206 cm³/mol. The Bertz CT molecular complexity index is 2010. The van der Waals surface area contributed by atoms with E-state index in [9.17, 15) is 23.1 Å². The highest BCUT2D eigenvalue weighted by Gasteiger charge is 2.44. The highest BCUT2D eigenvalue weighted by Crippen LogP contribution is 2.30. The van der Waals surface area contributed by atoms with E-state index in [1.54, 1.807) is 22.8 Å². The first-order chi connectivity index (χ1) is 25.6. The number of nitrogens with one attached hydrogen (secondary N) is 1. The molecule has 3 heterocycles. The summed E-state index contributed by atoms with van der Waals surface area (Å²) in [7, 11) is -4.08. The van der Waals surface area contributed by atoms with Crippen molar-refractivity contribution in [3.05, 3.63) is 88.6 Å². The first-order valence-corrected chi connectivity index (χ1v) is 20.1. The highest BCUT2D eigenvalue weighted by molar-refractivity contribution is 7.89. The number of urea groups is 1. The van der Waals surface area contributed by atoms with Crippen molar-refractivity contribution in [3.8, 4) is 10.7 Å². The molecule has 0 unspecified atom stereocenters. The third kappa shape index (κ3) is 9.91. The fraction of sp³-hybridized carbons (Fsp3) is 0.447. The summed E-state index contributed by atoms with van der Waals surface area (Å²) < 4.78 is 34.3. The summed E-state index contributed by atoms with van der Waals surface area (Å²) in [6, 6.07) is 14.9. The van der Waals surface area contributed by atoms with E-state index in [1.165, 1.54) is 46.1 Å². The van der Waals surface area contributed by atoms with Crippen LogP contribution >= 0.6 is 11.3 Å². The van der Waals surface area contributed by atoms with E-state index in [4.69, 9.17) is 9.73 Å². The Hall–Kier alpha value is -4.64. The number of aryl methyl sites for hydroxylation is 1. The molecule has 1 saturated heterocycles. The van der Waals surface area contributed by atoms with Gasteiger partial charge in [0.05, 0.1) is 35.5 Å². The van der Waals surface area contributed by atoms with Crippen LogP contribution in [0.5, 0.6) is 0 Å². The maximum atomic E-state index is 14.4. The van der Waals surface area contributed by atoms with Gasteiger partial charge in [-0.3, -0.25) is 4.79 Å². The number of sulfonamides is 1. The average molecular weight is 780 g/mol. The van der Waals surface area contributed by atoms with Gasteiger partial charge in [0.2, 0.25) is 15.9 Å². The maximum absolute atomic E-state index is 14.4. The third-order valence-electron chi connectivity index (χ3n) is 9.03. The normalized spacial score (nSPS) is 15.8. The Morgan fingerprint density at radius 1 is 1.11 bits per heavy atom. The number of hydrogen-bond donors (Lipinski definition) is 3. The van der Waals surface area contributed by atoms with Crippen molar-refractivity contribution in [1.29, 1.82) is 0 Å². The summed E-state index contributed by atoms with van der Waals surface area (Å²) >= 11 is 1.41. The van der Waals surface area contributed by atoms with Gasteiger partial charge in [-0.05, 0) is 47.9 Å². The van der Waals surface area contributed by atoms with Gasteiger partial charge >= 0.3 is 6.03 Å². The van der Waals surface area contributed by atoms with Crippen LogP contribution in [-0.4, -0.2) is 105 Å². The zero-order chi connectivity index (χ0) is 39.2. The topological polar surface area (TPSA) is 182 Å². The number of nitrogens with zero attached hydrogens (tertiary/aromatic N) is 6. The second-order valence-electron chi connectivity index (χ2n) is 15.0. The summed E-state index contributed by atoms with van der Waals surface area (Å²) in [6.45, 7) is 12.0. The van der Waals surface area contributed by atoms with E-state index >= 15 is 0 Å². The zero-order valence-corrected chi connectivity index (χ0v) is 33.0. The second-order valence-corrected chi connectivity index (χ2v) is 17.8. The Balaban J connectivity index is 1.36. The number of carbonyl (C=O) groups excluding carboxylic acids is 2. The van der Waals surface area contributed by atoms with Crippen molar-refractivity contribution in [2.24, 2.45) is 16.5 Å². The minimum atomic E-state index is -4.08. The first-order valence-electron chi connectivity index (χ1n) is 17.8. The summed E-state index contributed by atoms with van der Waals surface area (Å²) in [5.41, 5.74) is 1.98. The minimum absolute atomic E-state index is 0.0149. The number of amides is 3. The van der Waals surface area contributed by atoms with E-state index < -0.39 is 39.5 Å². The zero-order valence-electron chi connectivity index (χ0n) is 31.4. The minimum Gasteiger partial charge on any atom is -0.411 e. The molecule has 1 aliphatic rings. The van der Waals surface area contributed by atoms with Crippen molar-refractivity contribution in [1.82, 2.24) is 29.6 Å². The van der Waals surface area contributed by atoms with Gasteiger partial charge in [0, 0.05) is 37.6 Å². The molecular formula is C38H49N7O7S2. The third-order valence-corrected chi connectivity index (χ3v) is 11.8. The lowest BCUT2D eigenvalue weighted by Gasteiger charge is -2.38.